The van der Waals surface area contributed by atoms with Crippen LogP contribution in [0.25, 0.3) is 0 Å². The number of ketones is 1. The van der Waals surface area contributed by atoms with Crippen LogP contribution in [0.3, 0.4) is 0 Å². The van der Waals surface area contributed by atoms with E-state index in [0.717, 1.165) is 18.4 Å². The van der Waals surface area contributed by atoms with Crippen molar-refractivity contribution in [3.05, 3.63) is 35.4 Å². The molecule has 2 rings (SSSR count). The lowest BCUT2D eigenvalue weighted by Crippen LogP contribution is -2.21. The Hall–Kier alpha value is -0.380. The van der Waals surface area contributed by atoms with Gasteiger partial charge in [-0.2, -0.15) is 0 Å². The second-order valence-corrected chi connectivity index (χ2v) is 4.53. The second kappa shape index (κ2) is 3.17. The van der Waals surface area contributed by atoms with Gasteiger partial charge in [-0.1, -0.05) is 46.9 Å². The first-order chi connectivity index (χ1) is 5.79. The van der Waals surface area contributed by atoms with Gasteiger partial charge in [0.2, 0.25) is 0 Å². The topological polar surface area (TPSA) is 17.1 Å². The molecule has 1 aromatic carbocycles. The molecule has 1 aromatic rings. The molecule has 0 N–H and O–H groups in total. The summed E-state index contributed by atoms with van der Waals surface area (Å²) in [5.74, 6) is 0.303. The molecule has 1 aliphatic carbocycles. The fourth-order valence-corrected chi connectivity index (χ4v) is 2.21. The highest BCUT2D eigenvalue weighted by molar-refractivity contribution is 14.1. The van der Waals surface area contributed by atoms with Gasteiger partial charge in [0.15, 0.2) is 5.78 Å². The molecule has 0 heterocycles. The maximum Gasteiger partial charge on any atom is 0.175 e. The molecule has 1 unspecified atom stereocenters. The molecule has 0 radical (unpaired) electrons. The molecule has 12 heavy (non-hydrogen) atoms. The van der Waals surface area contributed by atoms with E-state index in [1.54, 1.807) is 0 Å². The SMILES string of the molecule is O=C1c2ccccc2CCC1I. The number of alkyl halides is 1. The predicted molar refractivity (Wildman–Crippen MR) is 56.9 cm³/mol. The summed E-state index contributed by atoms with van der Waals surface area (Å²) in [4.78, 5) is 11.6. The first-order valence-corrected chi connectivity index (χ1v) is 5.30. The molecule has 1 nitrogen and oxygen atoms in total. The number of carbonyl (C=O) groups excluding carboxylic acids is 1. The van der Waals surface area contributed by atoms with Crippen LogP contribution in [0.5, 0.6) is 0 Å². The number of benzene rings is 1. The van der Waals surface area contributed by atoms with E-state index >= 15 is 0 Å². The van der Waals surface area contributed by atoms with Crippen LogP contribution >= 0.6 is 22.6 Å². The van der Waals surface area contributed by atoms with Crippen molar-refractivity contribution in [2.75, 3.05) is 0 Å². The third-order valence-electron chi connectivity index (χ3n) is 2.23. The van der Waals surface area contributed by atoms with Gasteiger partial charge >= 0.3 is 0 Å². The van der Waals surface area contributed by atoms with Gasteiger partial charge in [0.25, 0.3) is 0 Å². The van der Waals surface area contributed by atoms with Crippen LogP contribution in [0.4, 0.5) is 0 Å². The average Bonchev–Trinajstić information content (AvgIpc) is 2.12. The lowest BCUT2D eigenvalue weighted by molar-refractivity contribution is 0.0984. The molecule has 0 aromatic heterocycles. The largest absolute Gasteiger partial charge is 0.293 e. The van der Waals surface area contributed by atoms with Crippen LogP contribution in [0.1, 0.15) is 22.3 Å². The molecule has 2 heteroatoms. The van der Waals surface area contributed by atoms with Crippen LogP contribution in [-0.4, -0.2) is 9.71 Å². The van der Waals surface area contributed by atoms with Gasteiger partial charge in [-0.15, -0.1) is 0 Å². The van der Waals surface area contributed by atoms with E-state index in [4.69, 9.17) is 0 Å². The number of hydrogen-bond acceptors (Lipinski definition) is 1. The summed E-state index contributed by atoms with van der Waals surface area (Å²) in [6.07, 6.45) is 2.05. The number of hydrogen-bond donors (Lipinski definition) is 0. The summed E-state index contributed by atoms with van der Waals surface area (Å²) in [7, 11) is 0. The van der Waals surface area contributed by atoms with E-state index in [2.05, 4.69) is 28.7 Å². The quantitative estimate of drug-likeness (QED) is 0.524. The number of Topliss-reactive ketones (excluding diaryl/α,β-unsaturated/α-hetero) is 1. The Morgan fingerprint density at radius 1 is 1.33 bits per heavy atom. The standard InChI is InChI=1S/C10H9IO/c11-9-6-5-7-3-1-2-4-8(7)10(9)12/h1-4,9H,5-6H2. The zero-order valence-electron chi connectivity index (χ0n) is 6.59. The lowest BCUT2D eigenvalue weighted by Gasteiger charge is -2.18. The third-order valence-corrected chi connectivity index (χ3v) is 3.42. The normalized spacial score (nSPS) is 22.1. The van der Waals surface area contributed by atoms with Crippen molar-refractivity contribution in [3.63, 3.8) is 0 Å². The molecule has 1 atom stereocenters. The number of halogens is 1. The van der Waals surface area contributed by atoms with Gasteiger partial charge in [0.05, 0.1) is 3.92 Å². The number of carbonyl (C=O) groups is 1. The summed E-state index contributed by atoms with van der Waals surface area (Å²) in [6, 6.07) is 7.92. The van der Waals surface area contributed by atoms with Gasteiger partial charge in [0, 0.05) is 5.56 Å². The Balaban J connectivity index is 2.49. The van der Waals surface area contributed by atoms with E-state index in [1.165, 1.54) is 5.56 Å². The monoisotopic (exact) mass is 272 g/mol. The first-order valence-electron chi connectivity index (χ1n) is 4.05. The van der Waals surface area contributed by atoms with E-state index in [0.29, 0.717) is 5.78 Å². The maximum atomic E-state index is 11.6. The Morgan fingerprint density at radius 2 is 2.08 bits per heavy atom. The molecule has 0 amide bonds. The van der Waals surface area contributed by atoms with Gasteiger partial charge in [0.1, 0.15) is 0 Å². The van der Waals surface area contributed by atoms with E-state index in [1.807, 2.05) is 18.2 Å². The maximum absolute atomic E-state index is 11.6. The average molecular weight is 272 g/mol. The summed E-state index contributed by atoms with van der Waals surface area (Å²) < 4.78 is 0.192. The van der Waals surface area contributed by atoms with Crippen LogP contribution < -0.4 is 0 Å². The summed E-state index contributed by atoms with van der Waals surface area (Å²) in [5, 5.41) is 0. The van der Waals surface area contributed by atoms with E-state index in [9.17, 15) is 4.79 Å². The third kappa shape index (κ3) is 1.28. The van der Waals surface area contributed by atoms with Gasteiger partial charge in [-0.3, -0.25) is 4.79 Å². The molecule has 0 fully saturated rings. The van der Waals surface area contributed by atoms with Crippen LogP contribution in [0, 0.1) is 0 Å². The Morgan fingerprint density at radius 3 is 2.92 bits per heavy atom. The minimum Gasteiger partial charge on any atom is -0.293 e. The minimum atomic E-state index is 0.192. The Kier molecular flexibility index (Phi) is 2.17. The lowest BCUT2D eigenvalue weighted by atomic mass is 9.91. The molecular weight excluding hydrogens is 263 g/mol. The fraction of sp³-hybridized carbons (Fsp3) is 0.300. The first kappa shape index (κ1) is 8.23. The zero-order chi connectivity index (χ0) is 8.55. The number of fused-ring (bicyclic) bond motifs is 1. The molecule has 1 aliphatic rings. The Labute approximate surface area is 85.3 Å². The molecule has 0 saturated carbocycles. The molecule has 0 saturated heterocycles. The van der Waals surface area contributed by atoms with Gasteiger partial charge in [-0.05, 0) is 18.4 Å². The van der Waals surface area contributed by atoms with E-state index < -0.39 is 0 Å². The van der Waals surface area contributed by atoms with Crippen molar-refractivity contribution in [1.29, 1.82) is 0 Å². The highest BCUT2D eigenvalue weighted by Gasteiger charge is 2.23. The van der Waals surface area contributed by atoms with Gasteiger partial charge in [-0.25, -0.2) is 0 Å². The minimum absolute atomic E-state index is 0.192. The second-order valence-electron chi connectivity index (χ2n) is 3.03. The summed E-state index contributed by atoms with van der Waals surface area (Å²) >= 11 is 2.23. The van der Waals surface area contributed by atoms with Crippen LogP contribution in [0.15, 0.2) is 24.3 Å². The summed E-state index contributed by atoms with van der Waals surface area (Å²) in [5.41, 5.74) is 2.15. The van der Waals surface area contributed by atoms with Crippen LogP contribution in [-0.2, 0) is 6.42 Å². The molecule has 62 valence electrons. The number of rotatable bonds is 0. The van der Waals surface area contributed by atoms with E-state index in [-0.39, 0.29) is 3.92 Å². The van der Waals surface area contributed by atoms with Crippen molar-refractivity contribution in [2.24, 2.45) is 0 Å². The smallest absolute Gasteiger partial charge is 0.175 e. The zero-order valence-corrected chi connectivity index (χ0v) is 8.74. The van der Waals surface area contributed by atoms with Crippen molar-refractivity contribution in [2.45, 2.75) is 16.8 Å². The predicted octanol–water partition coefficient (Wildman–Crippen LogP) is 2.62. The molecule has 0 aliphatic heterocycles. The highest BCUT2D eigenvalue weighted by atomic mass is 127. The molecule has 0 spiro atoms. The fourth-order valence-electron chi connectivity index (χ4n) is 1.56. The van der Waals surface area contributed by atoms with Crippen molar-refractivity contribution >= 4 is 28.4 Å². The Bertz CT molecular complexity index is 319. The molecular formula is C10H9IO. The van der Waals surface area contributed by atoms with Crippen molar-refractivity contribution in [3.8, 4) is 0 Å². The van der Waals surface area contributed by atoms with Crippen molar-refractivity contribution in [1.82, 2.24) is 0 Å². The van der Waals surface area contributed by atoms with Crippen molar-refractivity contribution < 1.29 is 4.79 Å². The molecule has 0 bridgehead atoms. The highest BCUT2D eigenvalue weighted by Crippen LogP contribution is 2.25. The van der Waals surface area contributed by atoms with Gasteiger partial charge < -0.3 is 0 Å². The summed E-state index contributed by atoms with van der Waals surface area (Å²) in [6.45, 7) is 0. The van der Waals surface area contributed by atoms with Crippen LogP contribution in [0.2, 0.25) is 0 Å². The number of aryl methyl sites for hydroxylation is 1.